The molecule has 0 amide bonds. The fourth-order valence-corrected chi connectivity index (χ4v) is 8.84. The Hall–Kier alpha value is -7.44. The maximum Gasteiger partial charge on any atom is 0.279 e. The van der Waals surface area contributed by atoms with Gasteiger partial charge in [-0.15, -0.1) is 0 Å². The summed E-state index contributed by atoms with van der Waals surface area (Å²) in [6.07, 6.45) is 0.976. The van der Waals surface area contributed by atoms with Crippen molar-refractivity contribution >= 4 is 27.5 Å². The fraction of sp³-hybridized carbons (Fsp3) is 0.0588. The molecule has 0 spiro atoms. The van der Waals surface area contributed by atoms with Crippen LogP contribution in [0.4, 0.5) is 0 Å². The van der Waals surface area contributed by atoms with Gasteiger partial charge < -0.3 is 4.40 Å². The van der Waals surface area contributed by atoms with Gasteiger partial charge in [-0.1, -0.05) is 140 Å². The lowest BCUT2D eigenvalue weighted by atomic mass is 9.93. The third-order valence-corrected chi connectivity index (χ3v) is 11.5. The van der Waals surface area contributed by atoms with Crippen LogP contribution in [0.15, 0.2) is 181 Å². The van der Waals surface area contributed by atoms with E-state index < -0.39 is 0 Å². The van der Waals surface area contributed by atoms with Crippen LogP contribution in [0.5, 0.6) is 0 Å². The predicted octanol–water partition coefficient (Wildman–Crippen LogP) is 11.8. The molecule has 6 nitrogen and oxygen atoms in total. The van der Waals surface area contributed by atoms with E-state index in [0.29, 0.717) is 23.0 Å². The van der Waals surface area contributed by atoms with Crippen LogP contribution in [0, 0.1) is 0 Å². The molecule has 57 heavy (non-hydrogen) atoms. The Kier molecular flexibility index (Phi) is 7.57. The van der Waals surface area contributed by atoms with Crippen LogP contribution < -0.4 is 5.56 Å². The molecule has 0 saturated carbocycles. The molecule has 0 saturated heterocycles. The van der Waals surface area contributed by atoms with Crippen molar-refractivity contribution in [3.63, 3.8) is 0 Å². The van der Waals surface area contributed by atoms with E-state index in [9.17, 15) is 4.79 Å². The van der Waals surface area contributed by atoms with E-state index in [1.807, 2.05) is 102 Å². The molecule has 1 aliphatic carbocycles. The van der Waals surface area contributed by atoms with Crippen molar-refractivity contribution < 1.29 is 0 Å². The summed E-state index contributed by atoms with van der Waals surface area (Å²) in [5.41, 5.74) is 14.3. The number of nitrogens with zero attached hydrogens (tertiary/aromatic N) is 5. The highest BCUT2D eigenvalue weighted by Gasteiger charge is 2.31. The number of fused-ring (bicyclic) bond motifs is 8. The zero-order chi connectivity index (χ0) is 38.0. The minimum Gasteiger partial charge on any atom is -0.303 e. The van der Waals surface area contributed by atoms with E-state index in [-0.39, 0.29) is 11.5 Å². The Morgan fingerprint density at radius 3 is 1.79 bits per heavy atom. The van der Waals surface area contributed by atoms with E-state index in [1.165, 1.54) is 22.3 Å². The molecule has 270 valence electrons. The molecule has 0 fully saturated rings. The molecule has 7 aromatic carbocycles. The zero-order valence-electron chi connectivity index (χ0n) is 31.2. The van der Waals surface area contributed by atoms with Crippen LogP contribution >= 0.6 is 0 Å². The van der Waals surface area contributed by atoms with Gasteiger partial charge in [0.1, 0.15) is 5.52 Å². The van der Waals surface area contributed by atoms with Gasteiger partial charge >= 0.3 is 0 Å². The van der Waals surface area contributed by atoms with Crippen LogP contribution in [-0.2, 0) is 0 Å². The number of para-hydroxylation sites is 3. The highest BCUT2D eigenvalue weighted by Crippen LogP contribution is 2.51. The van der Waals surface area contributed by atoms with Crippen molar-refractivity contribution in [3.8, 4) is 62.1 Å². The molecule has 0 radical (unpaired) electrons. The summed E-state index contributed by atoms with van der Waals surface area (Å²) in [6, 6.07) is 60.3. The summed E-state index contributed by atoms with van der Waals surface area (Å²) in [5.74, 6) is 2.21. The topological polar surface area (TPSA) is 65.1 Å². The van der Waals surface area contributed by atoms with Gasteiger partial charge in [0.25, 0.3) is 5.56 Å². The maximum absolute atomic E-state index is 14.3. The maximum atomic E-state index is 14.3. The second kappa shape index (κ2) is 13.1. The lowest BCUT2D eigenvalue weighted by Gasteiger charge is -2.14. The first kappa shape index (κ1) is 32.9. The van der Waals surface area contributed by atoms with Crippen LogP contribution in [0.1, 0.15) is 30.4 Å². The minimum absolute atomic E-state index is 0.0471. The third-order valence-electron chi connectivity index (χ3n) is 11.5. The molecule has 1 unspecified atom stereocenters. The molecule has 11 rings (SSSR count). The fourth-order valence-electron chi connectivity index (χ4n) is 8.84. The molecular formula is C51H35N5O. The van der Waals surface area contributed by atoms with Crippen LogP contribution in [-0.4, -0.2) is 23.9 Å². The summed E-state index contributed by atoms with van der Waals surface area (Å²) in [4.78, 5) is 29.5. The molecule has 3 heterocycles. The van der Waals surface area contributed by atoms with Crippen molar-refractivity contribution in [2.45, 2.75) is 19.3 Å². The standard InChI is InChI=1S/C51H35N5O/c1-2-38-39-29-26-35(32-24-27-37(28-25-32)55-44-22-11-12-23-45(44)56-43-21-10-9-18-36(43)31-46(56)51(55)57)30-42(39)47-40(38)19-13-20-41(47)50-53-48(33-14-5-3-6-15-33)52-49(54-50)34-16-7-4-8-17-34/h3-31,38H,2H2,1H3. The van der Waals surface area contributed by atoms with Gasteiger partial charge in [-0.2, -0.15) is 0 Å². The molecule has 10 aromatic rings. The van der Waals surface area contributed by atoms with Crippen molar-refractivity contribution in [1.82, 2.24) is 23.9 Å². The van der Waals surface area contributed by atoms with Gasteiger partial charge in [-0.25, -0.2) is 15.0 Å². The van der Waals surface area contributed by atoms with E-state index in [1.54, 1.807) is 0 Å². The van der Waals surface area contributed by atoms with Crippen LogP contribution in [0.2, 0.25) is 0 Å². The molecule has 6 heteroatoms. The number of rotatable bonds is 6. The highest BCUT2D eigenvalue weighted by atomic mass is 16.1. The van der Waals surface area contributed by atoms with Gasteiger partial charge in [-0.05, 0) is 82.3 Å². The highest BCUT2D eigenvalue weighted by molar-refractivity contribution is 5.94. The summed E-state index contributed by atoms with van der Waals surface area (Å²) in [6.45, 7) is 2.26. The molecule has 1 aliphatic rings. The minimum atomic E-state index is -0.0471. The first-order valence-electron chi connectivity index (χ1n) is 19.4. The summed E-state index contributed by atoms with van der Waals surface area (Å²) in [7, 11) is 0. The SMILES string of the molecule is CCC1c2ccc(-c3ccc(-n4c(=O)c5cc6ccccc6n5c5ccccc54)cc3)cc2-c2c(-c3nc(-c4ccccc4)nc(-c4ccccc4)n3)cccc21. The molecule has 0 N–H and O–H groups in total. The second-order valence-corrected chi connectivity index (χ2v) is 14.7. The average molecular weight is 734 g/mol. The van der Waals surface area contributed by atoms with Gasteiger partial charge in [0.05, 0.1) is 16.6 Å². The molecule has 3 aromatic heterocycles. The average Bonchev–Trinajstić information content (AvgIpc) is 3.83. The van der Waals surface area contributed by atoms with Crippen molar-refractivity contribution in [2.24, 2.45) is 0 Å². The van der Waals surface area contributed by atoms with E-state index in [2.05, 4.69) is 90.2 Å². The third kappa shape index (κ3) is 5.25. The Labute approximate surface area is 329 Å². The Morgan fingerprint density at radius 2 is 1.09 bits per heavy atom. The molecular weight excluding hydrogens is 699 g/mol. The number of aromatic nitrogens is 5. The first-order valence-corrected chi connectivity index (χ1v) is 19.4. The molecule has 0 aliphatic heterocycles. The van der Waals surface area contributed by atoms with Crippen molar-refractivity contribution in [2.75, 3.05) is 0 Å². The number of hydrogen-bond donors (Lipinski definition) is 0. The first-order chi connectivity index (χ1) is 28.1. The number of benzene rings is 7. The monoisotopic (exact) mass is 733 g/mol. The van der Waals surface area contributed by atoms with Gasteiger partial charge in [0.15, 0.2) is 17.5 Å². The normalized spacial score (nSPS) is 13.3. The summed E-state index contributed by atoms with van der Waals surface area (Å²) < 4.78 is 3.92. The van der Waals surface area contributed by atoms with Crippen LogP contribution in [0.3, 0.4) is 0 Å². The summed E-state index contributed by atoms with van der Waals surface area (Å²) >= 11 is 0. The van der Waals surface area contributed by atoms with Crippen molar-refractivity contribution in [3.05, 3.63) is 197 Å². The molecule has 0 bridgehead atoms. The smallest absolute Gasteiger partial charge is 0.279 e. The largest absolute Gasteiger partial charge is 0.303 e. The van der Waals surface area contributed by atoms with Gasteiger partial charge in [0, 0.05) is 33.7 Å². The number of hydrogen-bond acceptors (Lipinski definition) is 4. The van der Waals surface area contributed by atoms with Crippen molar-refractivity contribution in [1.29, 1.82) is 0 Å². The Morgan fingerprint density at radius 1 is 0.474 bits per heavy atom. The lowest BCUT2D eigenvalue weighted by Crippen LogP contribution is -2.21. The van der Waals surface area contributed by atoms with E-state index in [0.717, 1.165) is 61.9 Å². The lowest BCUT2D eigenvalue weighted by molar-refractivity contribution is 0.797. The van der Waals surface area contributed by atoms with Crippen LogP contribution in [0.25, 0.3) is 89.6 Å². The Balaban J connectivity index is 1.04. The zero-order valence-corrected chi connectivity index (χ0v) is 31.2. The van der Waals surface area contributed by atoms with E-state index in [4.69, 9.17) is 15.0 Å². The van der Waals surface area contributed by atoms with Gasteiger partial charge in [-0.3, -0.25) is 9.36 Å². The predicted molar refractivity (Wildman–Crippen MR) is 231 cm³/mol. The molecule has 1 atom stereocenters. The second-order valence-electron chi connectivity index (χ2n) is 14.7. The van der Waals surface area contributed by atoms with E-state index >= 15 is 0 Å². The van der Waals surface area contributed by atoms with Gasteiger partial charge in [0.2, 0.25) is 0 Å². The summed E-state index contributed by atoms with van der Waals surface area (Å²) in [5, 5.41) is 1.04. The Bertz CT molecular complexity index is 3180. The quantitative estimate of drug-likeness (QED) is 0.171.